The van der Waals surface area contributed by atoms with Gasteiger partial charge in [0.15, 0.2) is 5.65 Å². The van der Waals surface area contributed by atoms with Gasteiger partial charge in [-0.1, -0.05) is 24.3 Å². The van der Waals surface area contributed by atoms with E-state index in [1.807, 2.05) is 43.4 Å². The van der Waals surface area contributed by atoms with Crippen molar-refractivity contribution < 1.29 is 0 Å². The standard InChI is InChI=1S/C16H14N6/c1-22-16-12(8-20-22)15(18-9-19-16)21-14-7-3-4-10-11(14)5-2-6-13(10)17/h2-9H,17H2,1H3,(H,18,19,21). The lowest BCUT2D eigenvalue weighted by Crippen LogP contribution is -1.98. The van der Waals surface area contributed by atoms with Gasteiger partial charge in [-0.15, -0.1) is 0 Å². The van der Waals surface area contributed by atoms with Crippen molar-refractivity contribution in [1.29, 1.82) is 0 Å². The summed E-state index contributed by atoms with van der Waals surface area (Å²) in [4.78, 5) is 8.59. The van der Waals surface area contributed by atoms with Crippen LogP contribution in [0, 0.1) is 0 Å². The third kappa shape index (κ3) is 1.85. The van der Waals surface area contributed by atoms with E-state index in [4.69, 9.17) is 5.73 Å². The van der Waals surface area contributed by atoms with Gasteiger partial charge in [-0.05, 0) is 12.1 Å². The molecule has 0 radical (unpaired) electrons. The fourth-order valence-electron chi connectivity index (χ4n) is 2.63. The van der Waals surface area contributed by atoms with Crippen molar-refractivity contribution in [3.8, 4) is 0 Å². The smallest absolute Gasteiger partial charge is 0.163 e. The van der Waals surface area contributed by atoms with Crippen LogP contribution in [0.15, 0.2) is 48.9 Å². The van der Waals surface area contributed by atoms with Gasteiger partial charge in [0.1, 0.15) is 12.1 Å². The molecule has 0 unspecified atom stereocenters. The van der Waals surface area contributed by atoms with Gasteiger partial charge in [0.2, 0.25) is 0 Å². The summed E-state index contributed by atoms with van der Waals surface area (Å²) < 4.78 is 1.73. The average Bonchev–Trinajstić information content (AvgIpc) is 2.91. The molecule has 6 heteroatoms. The largest absolute Gasteiger partial charge is 0.398 e. The number of fused-ring (bicyclic) bond motifs is 2. The van der Waals surface area contributed by atoms with E-state index in [1.54, 1.807) is 10.9 Å². The lowest BCUT2D eigenvalue weighted by molar-refractivity contribution is 0.785. The number of benzene rings is 2. The van der Waals surface area contributed by atoms with Gasteiger partial charge >= 0.3 is 0 Å². The second kappa shape index (κ2) is 4.70. The van der Waals surface area contributed by atoms with Crippen molar-refractivity contribution in [3.63, 3.8) is 0 Å². The van der Waals surface area contributed by atoms with Crippen LogP contribution in [-0.4, -0.2) is 19.7 Å². The zero-order valence-corrected chi connectivity index (χ0v) is 12.0. The monoisotopic (exact) mass is 290 g/mol. The molecule has 0 spiro atoms. The first-order valence-electron chi connectivity index (χ1n) is 6.91. The van der Waals surface area contributed by atoms with Gasteiger partial charge in [-0.2, -0.15) is 5.10 Å². The van der Waals surface area contributed by atoms with Crippen LogP contribution in [0.5, 0.6) is 0 Å². The van der Waals surface area contributed by atoms with Gasteiger partial charge < -0.3 is 11.1 Å². The number of nitrogen functional groups attached to an aromatic ring is 1. The summed E-state index contributed by atoms with van der Waals surface area (Å²) in [5, 5.41) is 10.6. The summed E-state index contributed by atoms with van der Waals surface area (Å²) in [6.07, 6.45) is 3.29. The number of aryl methyl sites for hydroxylation is 1. The van der Waals surface area contributed by atoms with Crippen LogP contribution in [0.4, 0.5) is 17.2 Å². The molecule has 0 aliphatic heterocycles. The van der Waals surface area contributed by atoms with Gasteiger partial charge in [-0.25, -0.2) is 9.97 Å². The van der Waals surface area contributed by atoms with E-state index in [0.717, 1.165) is 39.0 Å². The molecule has 0 aliphatic rings. The van der Waals surface area contributed by atoms with Gasteiger partial charge in [0, 0.05) is 29.2 Å². The van der Waals surface area contributed by atoms with E-state index in [-0.39, 0.29) is 0 Å². The van der Waals surface area contributed by atoms with Crippen molar-refractivity contribution in [2.45, 2.75) is 0 Å². The normalized spacial score (nSPS) is 11.1. The Labute approximate surface area is 126 Å². The zero-order valence-electron chi connectivity index (χ0n) is 12.0. The molecule has 0 fully saturated rings. The molecule has 2 aromatic heterocycles. The summed E-state index contributed by atoms with van der Waals surface area (Å²) in [5.74, 6) is 0.730. The summed E-state index contributed by atoms with van der Waals surface area (Å²) in [5.41, 5.74) is 8.55. The lowest BCUT2D eigenvalue weighted by atomic mass is 10.1. The Balaban J connectivity index is 1.88. The molecule has 0 saturated heterocycles. The number of nitrogens with zero attached hydrogens (tertiary/aromatic N) is 4. The minimum atomic E-state index is 0.730. The molecule has 3 N–H and O–H groups in total. The Bertz CT molecular complexity index is 988. The molecule has 4 rings (SSSR count). The van der Waals surface area contributed by atoms with Crippen LogP contribution < -0.4 is 11.1 Å². The van der Waals surface area contributed by atoms with Crippen molar-refractivity contribution in [2.75, 3.05) is 11.1 Å². The van der Waals surface area contributed by atoms with Crippen molar-refractivity contribution >= 4 is 39.0 Å². The fraction of sp³-hybridized carbons (Fsp3) is 0.0625. The van der Waals surface area contributed by atoms with Gasteiger partial charge in [0.25, 0.3) is 0 Å². The van der Waals surface area contributed by atoms with Crippen LogP contribution in [0.2, 0.25) is 0 Å². The first-order chi connectivity index (χ1) is 10.7. The van der Waals surface area contributed by atoms with Crippen LogP contribution in [-0.2, 0) is 7.05 Å². The van der Waals surface area contributed by atoms with E-state index < -0.39 is 0 Å². The zero-order chi connectivity index (χ0) is 15.1. The van der Waals surface area contributed by atoms with E-state index >= 15 is 0 Å². The lowest BCUT2D eigenvalue weighted by Gasteiger charge is -2.10. The van der Waals surface area contributed by atoms with Crippen LogP contribution in [0.3, 0.4) is 0 Å². The second-order valence-electron chi connectivity index (χ2n) is 5.10. The van der Waals surface area contributed by atoms with E-state index in [0.29, 0.717) is 0 Å². The maximum atomic E-state index is 6.05. The second-order valence-corrected chi connectivity index (χ2v) is 5.10. The van der Waals surface area contributed by atoms with Gasteiger partial charge in [0.05, 0.1) is 11.6 Å². The number of aromatic nitrogens is 4. The molecule has 2 aromatic carbocycles. The number of nitrogens with one attached hydrogen (secondary N) is 1. The third-order valence-electron chi connectivity index (χ3n) is 3.74. The molecular weight excluding hydrogens is 276 g/mol. The van der Waals surface area contributed by atoms with Crippen molar-refractivity contribution in [3.05, 3.63) is 48.9 Å². The first-order valence-corrected chi connectivity index (χ1v) is 6.91. The molecule has 0 atom stereocenters. The Morgan fingerprint density at radius 2 is 1.82 bits per heavy atom. The molecule has 0 aliphatic carbocycles. The van der Waals surface area contributed by atoms with Gasteiger partial charge in [-0.3, -0.25) is 4.68 Å². The highest BCUT2D eigenvalue weighted by atomic mass is 15.3. The minimum Gasteiger partial charge on any atom is -0.398 e. The third-order valence-corrected chi connectivity index (χ3v) is 3.74. The molecule has 22 heavy (non-hydrogen) atoms. The molecule has 0 saturated carbocycles. The Morgan fingerprint density at radius 1 is 1.00 bits per heavy atom. The molecule has 108 valence electrons. The average molecular weight is 290 g/mol. The highest BCUT2D eigenvalue weighted by Gasteiger charge is 2.09. The summed E-state index contributed by atoms with van der Waals surface area (Å²) in [6, 6.07) is 11.9. The van der Waals surface area contributed by atoms with Crippen molar-refractivity contribution in [2.24, 2.45) is 7.05 Å². The van der Waals surface area contributed by atoms with Crippen LogP contribution >= 0.6 is 0 Å². The molecule has 6 nitrogen and oxygen atoms in total. The predicted molar refractivity (Wildman–Crippen MR) is 87.9 cm³/mol. The van der Waals surface area contributed by atoms with Crippen LogP contribution in [0.1, 0.15) is 0 Å². The van der Waals surface area contributed by atoms with Crippen LogP contribution in [0.25, 0.3) is 21.8 Å². The quantitative estimate of drug-likeness (QED) is 0.555. The summed E-state index contributed by atoms with van der Waals surface area (Å²) in [7, 11) is 1.86. The molecule has 0 bridgehead atoms. The molecule has 0 amide bonds. The number of nitrogens with two attached hydrogens (primary N) is 1. The molecule has 2 heterocycles. The topological polar surface area (TPSA) is 81.7 Å². The highest BCUT2D eigenvalue weighted by Crippen LogP contribution is 2.30. The molecule has 4 aromatic rings. The van der Waals surface area contributed by atoms with E-state index in [1.165, 1.54) is 6.33 Å². The minimum absolute atomic E-state index is 0.730. The summed E-state index contributed by atoms with van der Waals surface area (Å²) in [6.45, 7) is 0. The number of rotatable bonds is 2. The number of hydrogen-bond donors (Lipinski definition) is 2. The van der Waals surface area contributed by atoms with Crippen molar-refractivity contribution in [1.82, 2.24) is 19.7 Å². The number of anilines is 3. The highest BCUT2D eigenvalue weighted by molar-refractivity contribution is 6.02. The maximum absolute atomic E-state index is 6.05. The maximum Gasteiger partial charge on any atom is 0.163 e. The predicted octanol–water partition coefficient (Wildman–Crippen LogP) is 2.84. The first kappa shape index (κ1) is 12.6. The Kier molecular flexibility index (Phi) is 2.69. The molecular formula is C16H14N6. The summed E-state index contributed by atoms with van der Waals surface area (Å²) >= 11 is 0. The SMILES string of the molecule is Cn1ncc2c(Nc3cccc4c(N)cccc34)ncnc21. The van der Waals surface area contributed by atoms with E-state index in [9.17, 15) is 0 Å². The Morgan fingerprint density at radius 3 is 2.73 bits per heavy atom. The Hall–Kier alpha value is -3.15. The van der Waals surface area contributed by atoms with E-state index in [2.05, 4.69) is 20.4 Å². The fourth-order valence-corrected chi connectivity index (χ4v) is 2.63. The number of hydrogen-bond acceptors (Lipinski definition) is 5.